The Morgan fingerprint density at radius 2 is 2.31 bits per heavy atom. The van der Waals surface area contributed by atoms with E-state index in [0.29, 0.717) is 0 Å². The first-order valence-corrected chi connectivity index (χ1v) is 6.64. The van der Waals surface area contributed by atoms with E-state index in [9.17, 15) is 0 Å². The van der Waals surface area contributed by atoms with Crippen LogP contribution in [0.2, 0.25) is 0 Å². The summed E-state index contributed by atoms with van der Waals surface area (Å²) in [6.45, 7) is 1.78. The van der Waals surface area contributed by atoms with Gasteiger partial charge in [-0.1, -0.05) is 17.8 Å². The van der Waals surface area contributed by atoms with Crippen molar-refractivity contribution in [1.29, 1.82) is 0 Å². The summed E-state index contributed by atoms with van der Waals surface area (Å²) >= 11 is 1.91. The van der Waals surface area contributed by atoms with Gasteiger partial charge in [0, 0.05) is 11.4 Å². The molecule has 1 aliphatic carbocycles. The van der Waals surface area contributed by atoms with Crippen LogP contribution in [0.1, 0.15) is 18.5 Å². The molecule has 3 rings (SSSR count). The van der Waals surface area contributed by atoms with Crippen molar-refractivity contribution >= 4 is 16.9 Å². The highest BCUT2D eigenvalue weighted by Gasteiger charge is 2.35. The minimum atomic E-state index is 0.742. The van der Waals surface area contributed by atoms with Crippen molar-refractivity contribution in [2.75, 3.05) is 6.54 Å². The van der Waals surface area contributed by atoms with Crippen LogP contribution in [0.4, 0.5) is 0 Å². The highest BCUT2D eigenvalue weighted by Crippen LogP contribution is 2.41. The average Bonchev–Trinajstić information content (AvgIpc) is 3.08. The quantitative estimate of drug-likeness (QED) is 0.868. The summed E-state index contributed by atoms with van der Waals surface area (Å²) in [4.78, 5) is 8.81. The summed E-state index contributed by atoms with van der Waals surface area (Å²) in [5.41, 5.74) is 1.07. The molecule has 1 atom stereocenters. The molecule has 1 aliphatic heterocycles. The normalized spacial score (nSPS) is 24.2. The van der Waals surface area contributed by atoms with Crippen LogP contribution < -0.4 is 5.32 Å². The predicted octanol–water partition coefficient (Wildman–Crippen LogP) is 2.05. The number of thioether (sulfide) groups is 1. The molecule has 0 aromatic carbocycles. The van der Waals surface area contributed by atoms with Gasteiger partial charge in [0.05, 0.1) is 18.8 Å². The van der Waals surface area contributed by atoms with Crippen molar-refractivity contribution in [2.45, 2.75) is 24.6 Å². The molecule has 2 aliphatic rings. The van der Waals surface area contributed by atoms with E-state index in [0.717, 1.165) is 35.1 Å². The first-order valence-electron chi connectivity index (χ1n) is 5.77. The number of aliphatic imine (C=N–C) groups is 1. The van der Waals surface area contributed by atoms with Crippen molar-refractivity contribution in [1.82, 2.24) is 10.3 Å². The fourth-order valence-corrected chi connectivity index (χ4v) is 3.08. The van der Waals surface area contributed by atoms with Gasteiger partial charge in [-0.2, -0.15) is 0 Å². The van der Waals surface area contributed by atoms with Crippen molar-refractivity contribution in [3.8, 4) is 0 Å². The van der Waals surface area contributed by atoms with E-state index in [1.54, 1.807) is 0 Å². The molecule has 16 heavy (non-hydrogen) atoms. The second-order valence-electron chi connectivity index (χ2n) is 4.31. The van der Waals surface area contributed by atoms with Crippen LogP contribution in [-0.2, 0) is 6.54 Å². The van der Waals surface area contributed by atoms with E-state index < -0.39 is 0 Å². The zero-order valence-electron chi connectivity index (χ0n) is 9.10. The molecule has 2 heterocycles. The van der Waals surface area contributed by atoms with Crippen LogP contribution in [0.15, 0.2) is 29.4 Å². The lowest BCUT2D eigenvalue weighted by Gasteiger charge is -2.07. The predicted molar refractivity (Wildman–Crippen MR) is 67.5 cm³/mol. The third-order valence-electron chi connectivity index (χ3n) is 2.97. The second kappa shape index (κ2) is 4.45. The molecule has 0 amide bonds. The monoisotopic (exact) mass is 233 g/mol. The molecular formula is C12H15N3S. The zero-order chi connectivity index (χ0) is 10.8. The molecule has 4 heteroatoms. The maximum Gasteiger partial charge on any atom is 0.157 e. The molecule has 84 valence electrons. The molecule has 3 nitrogen and oxygen atoms in total. The van der Waals surface area contributed by atoms with Gasteiger partial charge in [-0.3, -0.25) is 9.98 Å². The van der Waals surface area contributed by atoms with Gasteiger partial charge in [0.25, 0.3) is 0 Å². The van der Waals surface area contributed by atoms with Crippen molar-refractivity contribution < 1.29 is 0 Å². The molecule has 0 saturated heterocycles. The SMILES string of the molecule is c1ccc(CNC2=NCC(C3CC3)S2)nc1. The first-order chi connectivity index (χ1) is 7.92. The third kappa shape index (κ3) is 2.38. The fraction of sp³-hybridized carbons (Fsp3) is 0.500. The standard InChI is InChI=1S/C12H15N3S/c1-2-6-13-10(3-1)7-14-12-15-8-11(16-12)9-4-5-9/h1-3,6,9,11H,4-5,7-8H2,(H,14,15). The molecule has 1 aromatic heterocycles. The van der Waals surface area contributed by atoms with Gasteiger partial charge in [0.15, 0.2) is 5.17 Å². The molecule has 0 radical (unpaired) electrons. The van der Waals surface area contributed by atoms with E-state index >= 15 is 0 Å². The van der Waals surface area contributed by atoms with Gasteiger partial charge in [0.1, 0.15) is 0 Å². The second-order valence-corrected chi connectivity index (χ2v) is 5.54. The van der Waals surface area contributed by atoms with Gasteiger partial charge < -0.3 is 5.32 Å². The van der Waals surface area contributed by atoms with Crippen molar-refractivity contribution in [3.63, 3.8) is 0 Å². The Morgan fingerprint density at radius 3 is 3.06 bits per heavy atom. The topological polar surface area (TPSA) is 37.3 Å². The number of rotatable bonds is 3. The lowest BCUT2D eigenvalue weighted by atomic mass is 10.3. The highest BCUT2D eigenvalue weighted by molar-refractivity contribution is 8.14. The summed E-state index contributed by atoms with van der Waals surface area (Å²) in [6.07, 6.45) is 4.63. The number of nitrogens with one attached hydrogen (secondary N) is 1. The molecule has 1 saturated carbocycles. The van der Waals surface area contributed by atoms with E-state index in [1.165, 1.54) is 12.8 Å². The molecule has 1 aromatic rings. The van der Waals surface area contributed by atoms with Crippen LogP contribution >= 0.6 is 11.8 Å². The van der Waals surface area contributed by atoms with Gasteiger partial charge in [-0.15, -0.1) is 0 Å². The summed E-state index contributed by atoms with van der Waals surface area (Å²) in [5.74, 6) is 0.933. The Morgan fingerprint density at radius 1 is 1.38 bits per heavy atom. The highest BCUT2D eigenvalue weighted by atomic mass is 32.2. The number of hydrogen-bond acceptors (Lipinski definition) is 4. The Kier molecular flexibility index (Phi) is 2.82. The van der Waals surface area contributed by atoms with E-state index in [2.05, 4.69) is 15.3 Å². The van der Waals surface area contributed by atoms with Gasteiger partial charge >= 0.3 is 0 Å². The Bertz CT molecular complexity index is 387. The minimum absolute atomic E-state index is 0.742. The summed E-state index contributed by atoms with van der Waals surface area (Å²) in [6, 6.07) is 5.99. The Hall–Kier alpha value is -1.03. The largest absolute Gasteiger partial charge is 0.359 e. The smallest absolute Gasteiger partial charge is 0.157 e. The van der Waals surface area contributed by atoms with Gasteiger partial charge in [-0.25, -0.2) is 0 Å². The van der Waals surface area contributed by atoms with Crippen molar-refractivity contribution in [3.05, 3.63) is 30.1 Å². The number of nitrogens with zero attached hydrogens (tertiary/aromatic N) is 2. The summed E-state index contributed by atoms with van der Waals surface area (Å²) < 4.78 is 0. The first kappa shape index (κ1) is 10.1. The van der Waals surface area contributed by atoms with E-state index in [-0.39, 0.29) is 0 Å². The maximum atomic E-state index is 4.53. The van der Waals surface area contributed by atoms with Crippen LogP contribution in [0.3, 0.4) is 0 Å². The lowest BCUT2D eigenvalue weighted by molar-refractivity contribution is 0.771. The van der Waals surface area contributed by atoms with Gasteiger partial charge in [0.2, 0.25) is 0 Å². The van der Waals surface area contributed by atoms with Crippen molar-refractivity contribution in [2.24, 2.45) is 10.9 Å². The van der Waals surface area contributed by atoms with Crippen LogP contribution in [-0.4, -0.2) is 21.9 Å². The molecule has 0 spiro atoms. The molecule has 0 bridgehead atoms. The molecular weight excluding hydrogens is 218 g/mol. The fourth-order valence-electron chi connectivity index (χ4n) is 1.87. The summed E-state index contributed by atoms with van der Waals surface area (Å²) in [7, 11) is 0. The van der Waals surface area contributed by atoms with E-state index in [1.807, 2.05) is 36.2 Å². The minimum Gasteiger partial charge on any atom is -0.359 e. The average molecular weight is 233 g/mol. The zero-order valence-corrected chi connectivity index (χ0v) is 9.91. The maximum absolute atomic E-state index is 4.53. The number of pyridine rings is 1. The Labute approximate surface area is 99.8 Å². The Balaban J connectivity index is 1.49. The molecule has 1 unspecified atom stereocenters. The summed E-state index contributed by atoms with van der Waals surface area (Å²) in [5, 5.41) is 5.20. The number of hydrogen-bond donors (Lipinski definition) is 1. The lowest BCUT2D eigenvalue weighted by Crippen LogP contribution is -2.19. The van der Waals surface area contributed by atoms with Crippen LogP contribution in [0, 0.1) is 5.92 Å². The van der Waals surface area contributed by atoms with E-state index in [4.69, 9.17) is 0 Å². The molecule has 1 N–H and O–H groups in total. The number of aromatic nitrogens is 1. The third-order valence-corrected chi connectivity index (χ3v) is 4.31. The number of amidine groups is 1. The molecule has 1 fully saturated rings. The van der Waals surface area contributed by atoms with Crippen LogP contribution in [0.25, 0.3) is 0 Å². The van der Waals surface area contributed by atoms with Gasteiger partial charge in [-0.05, 0) is 30.9 Å². The van der Waals surface area contributed by atoms with Crippen LogP contribution in [0.5, 0.6) is 0 Å².